The molecule has 0 fully saturated rings. The third-order valence-corrected chi connectivity index (χ3v) is 3.75. The molecule has 0 aliphatic rings. The van der Waals surface area contributed by atoms with Crippen molar-refractivity contribution < 1.29 is 4.79 Å². The first kappa shape index (κ1) is 12.0. The van der Waals surface area contributed by atoms with Gasteiger partial charge in [-0.05, 0) is 43.4 Å². The van der Waals surface area contributed by atoms with Crippen LogP contribution in [0.25, 0.3) is 10.2 Å². The van der Waals surface area contributed by atoms with Crippen LogP contribution in [0.15, 0.2) is 10.9 Å². The standard InChI is InChI=1S/C12H14N2O2S/c1-4-5-10(15)14-12(16)9-6-7(2)8(3)13-11(9)17-14/h6H,4-5H2,1-3H3. The normalized spacial score (nSPS) is 11.0. The fourth-order valence-corrected chi connectivity index (χ4v) is 2.59. The summed E-state index contributed by atoms with van der Waals surface area (Å²) >= 11 is 1.14. The topological polar surface area (TPSA) is 52.0 Å². The summed E-state index contributed by atoms with van der Waals surface area (Å²) in [6.45, 7) is 5.73. The zero-order valence-corrected chi connectivity index (χ0v) is 10.9. The van der Waals surface area contributed by atoms with E-state index in [-0.39, 0.29) is 11.5 Å². The first-order valence-corrected chi connectivity index (χ1v) is 6.35. The molecule has 0 bridgehead atoms. The van der Waals surface area contributed by atoms with Crippen molar-refractivity contribution in [2.45, 2.75) is 33.6 Å². The summed E-state index contributed by atoms with van der Waals surface area (Å²) in [6, 6.07) is 1.81. The Kier molecular flexibility index (Phi) is 3.11. The van der Waals surface area contributed by atoms with Crippen LogP contribution in [0, 0.1) is 13.8 Å². The number of rotatable bonds is 2. The van der Waals surface area contributed by atoms with Crippen LogP contribution in [0.1, 0.15) is 35.8 Å². The fraction of sp³-hybridized carbons (Fsp3) is 0.417. The molecule has 0 saturated heterocycles. The highest BCUT2D eigenvalue weighted by Gasteiger charge is 2.14. The second-order valence-electron chi connectivity index (χ2n) is 4.08. The number of carbonyl (C=O) groups excluding carboxylic acids is 1. The van der Waals surface area contributed by atoms with Gasteiger partial charge in [0.25, 0.3) is 5.56 Å². The van der Waals surface area contributed by atoms with E-state index in [2.05, 4.69) is 4.98 Å². The van der Waals surface area contributed by atoms with E-state index in [0.717, 1.165) is 29.2 Å². The Morgan fingerprint density at radius 3 is 2.82 bits per heavy atom. The SMILES string of the molecule is CCCC(=O)n1sc2nc(C)c(C)cc2c1=O. The second kappa shape index (κ2) is 4.41. The van der Waals surface area contributed by atoms with Crippen LogP contribution in [0.3, 0.4) is 0 Å². The van der Waals surface area contributed by atoms with Crippen LogP contribution in [-0.2, 0) is 0 Å². The molecule has 0 atom stereocenters. The first-order chi connectivity index (χ1) is 8.04. The van der Waals surface area contributed by atoms with Crippen molar-refractivity contribution in [1.29, 1.82) is 0 Å². The van der Waals surface area contributed by atoms with Crippen molar-refractivity contribution in [1.82, 2.24) is 8.94 Å². The average molecular weight is 250 g/mol. The first-order valence-electron chi connectivity index (χ1n) is 5.58. The maximum absolute atomic E-state index is 12.0. The predicted octanol–water partition coefficient (Wildman–Crippen LogP) is 2.52. The van der Waals surface area contributed by atoms with Gasteiger partial charge in [-0.25, -0.2) is 4.98 Å². The van der Waals surface area contributed by atoms with Gasteiger partial charge in [0.1, 0.15) is 4.83 Å². The Bertz CT molecular complexity index is 640. The number of hydrogen-bond acceptors (Lipinski definition) is 4. The third kappa shape index (κ3) is 2.02. The van der Waals surface area contributed by atoms with Gasteiger partial charge in [0, 0.05) is 12.1 Å². The van der Waals surface area contributed by atoms with Crippen LogP contribution in [0.2, 0.25) is 0 Å². The number of pyridine rings is 1. The van der Waals surface area contributed by atoms with Crippen molar-refractivity contribution >= 4 is 27.7 Å². The number of nitrogens with zero attached hydrogens (tertiary/aromatic N) is 2. The summed E-state index contributed by atoms with van der Waals surface area (Å²) in [7, 11) is 0. The molecule has 2 rings (SSSR count). The molecule has 0 radical (unpaired) electrons. The highest BCUT2D eigenvalue weighted by molar-refractivity contribution is 7.14. The molecule has 90 valence electrons. The minimum atomic E-state index is -0.237. The lowest BCUT2D eigenvalue weighted by Crippen LogP contribution is -2.20. The lowest BCUT2D eigenvalue weighted by molar-refractivity contribution is 0.0911. The van der Waals surface area contributed by atoms with Crippen molar-refractivity contribution in [3.8, 4) is 0 Å². The number of carbonyl (C=O) groups is 1. The Morgan fingerprint density at radius 1 is 1.47 bits per heavy atom. The molecule has 0 aromatic carbocycles. The van der Waals surface area contributed by atoms with Crippen LogP contribution >= 0.6 is 11.5 Å². The van der Waals surface area contributed by atoms with Gasteiger partial charge in [-0.3, -0.25) is 9.59 Å². The van der Waals surface area contributed by atoms with Crippen LogP contribution in [0.5, 0.6) is 0 Å². The maximum atomic E-state index is 12.0. The molecular weight excluding hydrogens is 236 g/mol. The number of aromatic nitrogens is 2. The Morgan fingerprint density at radius 2 is 2.18 bits per heavy atom. The molecule has 0 unspecified atom stereocenters. The van der Waals surface area contributed by atoms with E-state index in [1.54, 1.807) is 0 Å². The molecule has 0 aliphatic heterocycles. The van der Waals surface area contributed by atoms with Crippen molar-refractivity contribution in [2.75, 3.05) is 0 Å². The van der Waals surface area contributed by atoms with Gasteiger partial charge in [-0.15, -0.1) is 0 Å². The molecule has 0 spiro atoms. The van der Waals surface area contributed by atoms with E-state index in [0.29, 0.717) is 16.6 Å². The number of aryl methyl sites for hydroxylation is 2. The van der Waals surface area contributed by atoms with Gasteiger partial charge < -0.3 is 0 Å². The van der Waals surface area contributed by atoms with Crippen LogP contribution in [0.4, 0.5) is 0 Å². The summed E-state index contributed by atoms with van der Waals surface area (Å²) in [5.74, 6) is -0.143. The van der Waals surface area contributed by atoms with Crippen molar-refractivity contribution in [3.63, 3.8) is 0 Å². The van der Waals surface area contributed by atoms with E-state index in [1.807, 2.05) is 26.8 Å². The molecule has 4 nitrogen and oxygen atoms in total. The zero-order chi connectivity index (χ0) is 12.6. The highest BCUT2D eigenvalue weighted by Crippen LogP contribution is 2.18. The third-order valence-electron chi connectivity index (χ3n) is 2.71. The Balaban J connectivity index is 2.65. The van der Waals surface area contributed by atoms with Gasteiger partial charge >= 0.3 is 0 Å². The van der Waals surface area contributed by atoms with E-state index >= 15 is 0 Å². The molecule has 2 heterocycles. The average Bonchev–Trinajstić information content (AvgIpc) is 2.58. The van der Waals surface area contributed by atoms with Crippen molar-refractivity contribution in [2.24, 2.45) is 0 Å². The monoisotopic (exact) mass is 250 g/mol. The summed E-state index contributed by atoms with van der Waals surface area (Å²) in [6.07, 6.45) is 1.13. The smallest absolute Gasteiger partial charge is 0.273 e. The van der Waals surface area contributed by atoms with Gasteiger partial charge in [0.15, 0.2) is 0 Å². The Hall–Kier alpha value is -1.49. The van der Waals surface area contributed by atoms with E-state index < -0.39 is 0 Å². The summed E-state index contributed by atoms with van der Waals surface area (Å²) < 4.78 is 1.22. The van der Waals surface area contributed by atoms with E-state index in [1.165, 1.54) is 3.96 Å². The number of hydrogen-bond donors (Lipinski definition) is 0. The van der Waals surface area contributed by atoms with Gasteiger partial charge in [-0.1, -0.05) is 6.92 Å². The molecule has 0 aliphatic carbocycles. The summed E-state index contributed by atoms with van der Waals surface area (Å²) in [4.78, 5) is 28.8. The molecule has 2 aromatic rings. The molecule has 17 heavy (non-hydrogen) atoms. The zero-order valence-electron chi connectivity index (χ0n) is 10.1. The maximum Gasteiger partial charge on any atom is 0.277 e. The van der Waals surface area contributed by atoms with E-state index in [4.69, 9.17) is 0 Å². The minimum absolute atomic E-state index is 0.143. The molecule has 0 amide bonds. The van der Waals surface area contributed by atoms with Crippen LogP contribution in [-0.4, -0.2) is 14.8 Å². The fourth-order valence-electron chi connectivity index (χ4n) is 1.62. The molecule has 0 saturated carbocycles. The lowest BCUT2D eigenvalue weighted by atomic mass is 10.2. The summed E-state index contributed by atoms with van der Waals surface area (Å²) in [5.41, 5.74) is 1.63. The Labute approximate surface area is 103 Å². The predicted molar refractivity (Wildman–Crippen MR) is 68.9 cm³/mol. The second-order valence-corrected chi connectivity index (χ2v) is 5.01. The summed E-state index contributed by atoms with van der Waals surface area (Å²) in [5, 5.41) is 0.544. The molecule has 2 aromatic heterocycles. The van der Waals surface area contributed by atoms with Gasteiger partial charge in [0.2, 0.25) is 5.91 Å². The molecule has 0 N–H and O–H groups in total. The number of fused-ring (bicyclic) bond motifs is 1. The molecule has 5 heteroatoms. The lowest BCUT2D eigenvalue weighted by Gasteiger charge is -1.95. The van der Waals surface area contributed by atoms with Crippen molar-refractivity contribution in [3.05, 3.63) is 27.7 Å². The van der Waals surface area contributed by atoms with Gasteiger partial charge in [-0.2, -0.15) is 3.96 Å². The van der Waals surface area contributed by atoms with Gasteiger partial charge in [0.05, 0.1) is 5.39 Å². The molecular formula is C12H14N2O2S. The highest BCUT2D eigenvalue weighted by atomic mass is 32.1. The largest absolute Gasteiger partial charge is 0.277 e. The van der Waals surface area contributed by atoms with E-state index in [9.17, 15) is 9.59 Å². The van der Waals surface area contributed by atoms with Crippen LogP contribution < -0.4 is 5.56 Å². The minimum Gasteiger partial charge on any atom is -0.273 e. The quantitative estimate of drug-likeness (QED) is 0.823.